The van der Waals surface area contributed by atoms with E-state index in [0.29, 0.717) is 0 Å². The molecule has 0 aliphatic carbocycles. The van der Waals surface area contributed by atoms with Crippen LogP contribution < -0.4 is 5.14 Å². The van der Waals surface area contributed by atoms with E-state index in [-0.39, 0.29) is 14.7 Å². The number of nitrogens with two attached hydrogens (primary N) is 1. The molecule has 0 amide bonds. The molecule has 0 aliphatic heterocycles. The van der Waals surface area contributed by atoms with Gasteiger partial charge in [0.15, 0.2) is 0 Å². The molecule has 2 N–H and O–H groups in total. The molecule has 0 bridgehead atoms. The van der Waals surface area contributed by atoms with Crippen molar-refractivity contribution in [1.29, 1.82) is 0 Å². The van der Waals surface area contributed by atoms with Crippen molar-refractivity contribution in [3.05, 3.63) is 78.4 Å². The van der Waals surface area contributed by atoms with Gasteiger partial charge in [-0.25, -0.2) is 22.0 Å². The van der Waals surface area contributed by atoms with Crippen molar-refractivity contribution in [1.82, 2.24) is 0 Å². The van der Waals surface area contributed by atoms with E-state index in [1.165, 1.54) is 24.3 Å². The molecular weight excluding hydrogens is 370 g/mol. The molecule has 0 aromatic heterocycles. The van der Waals surface area contributed by atoms with Gasteiger partial charge in [-0.15, -0.1) is 0 Å². The van der Waals surface area contributed by atoms with E-state index >= 15 is 0 Å². The Morgan fingerprint density at radius 3 is 1.31 bits per heavy atom. The molecule has 3 aromatic rings. The van der Waals surface area contributed by atoms with Gasteiger partial charge in [-0.2, -0.15) is 0 Å². The van der Waals surface area contributed by atoms with Gasteiger partial charge < -0.3 is 0 Å². The van der Waals surface area contributed by atoms with Gasteiger partial charge in [0.2, 0.25) is 19.9 Å². The van der Waals surface area contributed by atoms with Crippen molar-refractivity contribution in [2.24, 2.45) is 5.14 Å². The third kappa shape index (κ3) is 3.70. The second kappa shape index (κ2) is 6.68. The number of rotatable bonds is 4. The molecule has 0 aliphatic rings. The van der Waals surface area contributed by atoms with Crippen LogP contribution in [0.15, 0.2) is 87.5 Å². The number of benzene rings is 3. The average molecular weight is 387 g/mol. The number of hydrogen-bond donors (Lipinski definition) is 1. The van der Waals surface area contributed by atoms with Crippen LogP contribution in [0, 0.1) is 6.92 Å². The molecule has 0 heterocycles. The second-order valence-electron chi connectivity index (χ2n) is 5.91. The zero-order chi connectivity index (χ0) is 18.9. The first-order chi connectivity index (χ1) is 12.2. The van der Waals surface area contributed by atoms with Gasteiger partial charge in [0.05, 0.1) is 14.7 Å². The fourth-order valence-electron chi connectivity index (χ4n) is 2.52. The van der Waals surface area contributed by atoms with Gasteiger partial charge in [-0.3, -0.25) is 0 Å². The summed E-state index contributed by atoms with van der Waals surface area (Å²) in [6.45, 7) is 1.90. The molecule has 3 aromatic carbocycles. The first kappa shape index (κ1) is 18.3. The third-order valence-electron chi connectivity index (χ3n) is 4.01. The number of sulfonamides is 1. The van der Waals surface area contributed by atoms with E-state index in [1.54, 1.807) is 48.5 Å². The summed E-state index contributed by atoms with van der Waals surface area (Å²) in [5.41, 5.74) is 2.52. The lowest BCUT2D eigenvalue weighted by Gasteiger charge is -2.07. The molecule has 7 heteroatoms. The lowest BCUT2D eigenvalue weighted by Crippen LogP contribution is -2.11. The molecule has 3 rings (SSSR count). The summed E-state index contributed by atoms with van der Waals surface area (Å²) in [5, 5.41) is 5.08. The predicted octanol–water partition coefficient (Wildman–Crippen LogP) is 3.14. The van der Waals surface area contributed by atoms with Gasteiger partial charge in [-0.1, -0.05) is 42.0 Å². The molecule has 5 nitrogen and oxygen atoms in total. The van der Waals surface area contributed by atoms with Crippen LogP contribution in [0.4, 0.5) is 0 Å². The molecule has 0 saturated heterocycles. The Morgan fingerprint density at radius 1 is 0.577 bits per heavy atom. The summed E-state index contributed by atoms with van der Waals surface area (Å²) in [7, 11) is -7.32. The summed E-state index contributed by atoms with van der Waals surface area (Å²) >= 11 is 0. The van der Waals surface area contributed by atoms with Gasteiger partial charge in [-0.05, 0) is 54.4 Å². The van der Waals surface area contributed by atoms with Crippen LogP contribution >= 0.6 is 0 Å². The second-order valence-corrected chi connectivity index (χ2v) is 9.42. The molecule has 0 spiro atoms. The molecule has 0 fully saturated rings. The Balaban J connectivity index is 1.92. The van der Waals surface area contributed by atoms with Gasteiger partial charge in [0, 0.05) is 0 Å². The number of primary sulfonamides is 1. The summed E-state index contributed by atoms with van der Waals surface area (Å²) in [4.78, 5) is 0.472. The minimum atomic E-state index is -3.74. The third-order valence-corrected chi connectivity index (χ3v) is 6.73. The van der Waals surface area contributed by atoms with Gasteiger partial charge >= 0.3 is 0 Å². The zero-order valence-corrected chi connectivity index (χ0v) is 15.6. The van der Waals surface area contributed by atoms with Crippen LogP contribution in [0.2, 0.25) is 0 Å². The standard InChI is InChI=1S/C19H17NO4S2/c1-14-2-8-17(9-3-14)25(21,22)18-10-4-15(5-11-18)16-6-12-19(13-7-16)26(20,23)24/h2-13H,1H3,(H2,20,23,24). The van der Waals surface area contributed by atoms with Crippen molar-refractivity contribution < 1.29 is 16.8 Å². The minimum Gasteiger partial charge on any atom is -0.225 e. The molecule has 0 unspecified atom stereocenters. The topological polar surface area (TPSA) is 94.3 Å². The number of hydrogen-bond acceptors (Lipinski definition) is 4. The first-order valence-corrected chi connectivity index (χ1v) is 10.8. The number of sulfone groups is 1. The Labute approximate surface area is 153 Å². The SMILES string of the molecule is Cc1ccc(S(=O)(=O)c2ccc(-c3ccc(S(N)(=O)=O)cc3)cc2)cc1. The largest absolute Gasteiger partial charge is 0.238 e. The predicted molar refractivity (Wildman–Crippen MR) is 99.9 cm³/mol. The molecule has 0 saturated carbocycles. The highest BCUT2D eigenvalue weighted by molar-refractivity contribution is 7.91. The molecule has 134 valence electrons. The van der Waals surface area contributed by atoms with Crippen molar-refractivity contribution in [3.8, 4) is 11.1 Å². The molecule has 0 atom stereocenters. The quantitative estimate of drug-likeness (QED) is 0.744. The van der Waals surface area contributed by atoms with Gasteiger partial charge in [0.25, 0.3) is 0 Å². The van der Waals surface area contributed by atoms with E-state index in [4.69, 9.17) is 5.14 Å². The summed E-state index contributed by atoms with van der Waals surface area (Å²) in [6, 6.07) is 19.2. The molecule has 0 radical (unpaired) electrons. The lowest BCUT2D eigenvalue weighted by atomic mass is 10.1. The highest BCUT2D eigenvalue weighted by atomic mass is 32.2. The van der Waals surface area contributed by atoms with Crippen molar-refractivity contribution in [2.75, 3.05) is 0 Å². The zero-order valence-electron chi connectivity index (χ0n) is 14.0. The normalized spacial score (nSPS) is 12.1. The highest BCUT2D eigenvalue weighted by Crippen LogP contribution is 2.26. The van der Waals surface area contributed by atoms with E-state index in [0.717, 1.165) is 16.7 Å². The Kier molecular flexibility index (Phi) is 4.70. The van der Waals surface area contributed by atoms with E-state index < -0.39 is 19.9 Å². The maximum absolute atomic E-state index is 12.7. The average Bonchev–Trinajstić information content (AvgIpc) is 2.62. The van der Waals surface area contributed by atoms with Crippen molar-refractivity contribution in [3.63, 3.8) is 0 Å². The monoisotopic (exact) mass is 387 g/mol. The fraction of sp³-hybridized carbons (Fsp3) is 0.0526. The van der Waals surface area contributed by atoms with E-state index in [9.17, 15) is 16.8 Å². The van der Waals surface area contributed by atoms with E-state index in [1.807, 2.05) is 6.92 Å². The lowest BCUT2D eigenvalue weighted by molar-refractivity contribution is 0.595. The fourth-order valence-corrected chi connectivity index (χ4v) is 4.29. The number of aryl methyl sites for hydroxylation is 1. The summed E-state index contributed by atoms with van der Waals surface area (Å²) in [6.07, 6.45) is 0. The van der Waals surface area contributed by atoms with Crippen LogP contribution in [-0.4, -0.2) is 16.8 Å². The Bertz CT molecular complexity index is 1130. The maximum atomic E-state index is 12.7. The van der Waals surface area contributed by atoms with E-state index in [2.05, 4.69) is 0 Å². The van der Waals surface area contributed by atoms with Crippen LogP contribution in [0.3, 0.4) is 0 Å². The highest BCUT2D eigenvalue weighted by Gasteiger charge is 2.17. The maximum Gasteiger partial charge on any atom is 0.238 e. The Morgan fingerprint density at radius 2 is 0.923 bits per heavy atom. The van der Waals surface area contributed by atoms with Crippen LogP contribution in [0.5, 0.6) is 0 Å². The summed E-state index contributed by atoms with van der Waals surface area (Å²) < 4.78 is 47.9. The smallest absolute Gasteiger partial charge is 0.225 e. The van der Waals surface area contributed by atoms with Gasteiger partial charge in [0.1, 0.15) is 0 Å². The summed E-state index contributed by atoms with van der Waals surface area (Å²) in [5.74, 6) is 0. The van der Waals surface area contributed by atoms with Crippen molar-refractivity contribution in [2.45, 2.75) is 21.6 Å². The Hall–Kier alpha value is -2.48. The minimum absolute atomic E-state index is 0.0276. The van der Waals surface area contributed by atoms with Crippen LogP contribution in [0.25, 0.3) is 11.1 Å². The first-order valence-electron chi connectivity index (χ1n) is 7.73. The van der Waals surface area contributed by atoms with Crippen molar-refractivity contribution >= 4 is 19.9 Å². The molecular formula is C19H17NO4S2. The molecule has 26 heavy (non-hydrogen) atoms. The van der Waals surface area contributed by atoms with Crippen LogP contribution in [0.1, 0.15) is 5.56 Å². The van der Waals surface area contributed by atoms with Crippen LogP contribution in [-0.2, 0) is 19.9 Å².